The third-order valence-corrected chi connectivity index (χ3v) is 2.05. The van der Waals surface area contributed by atoms with Gasteiger partial charge in [-0.25, -0.2) is 0 Å². The monoisotopic (exact) mass is 193 g/mol. The van der Waals surface area contributed by atoms with E-state index in [1.54, 1.807) is 11.9 Å². The van der Waals surface area contributed by atoms with Gasteiger partial charge in [-0.1, -0.05) is 6.08 Å². The Morgan fingerprint density at radius 3 is 2.64 bits per heavy atom. The highest BCUT2D eigenvalue weighted by Gasteiger charge is 2.12. The van der Waals surface area contributed by atoms with Crippen LogP contribution in [-0.4, -0.2) is 23.9 Å². The lowest BCUT2D eigenvalue weighted by Crippen LogP contribution is -2.30. The number of likely N-dealkylation sites (N-methyl/N-ethyl adjacent to an activating group) is 1. The van der Waals surface area contributed by atoms with Crippen molar-refractivity contribution < 1.29 is 0 Å². The minimum Gasteiger partial charge on any atom is -0.370 e. The molecule has 0 aliphatic heterocycles. The number of aliphatic imine (C=N–C) groups is 1. The molecule has 0 aromatic carbocycles. The van der Waals surface area contributed by atoms with Gasteiger partial charge in [0.05, 0.1) is 0 Å². The van der Waals surface area contributed by atoms with Gasteiger partial charge in [0.25, 0.3) is 0 Å². The Morgan fingerprint density at radius 1 is 1.57 bits per heavy atom. The minimum atomic E-state index is -0.0953. The predicted octanol–water partition coefficient (Wildman–Crippen LogP) is 0.360. The number of nitrogens with two attached hydrogens (primary N) is 2. The highest BCUT2D eigenvalue weighted by Crippen LogP contribution is 2.20. The molecule has 0 aromatic rings. The van der Waals surface area contributed by atoms with Crippen molar-refractivity contribution in [3.05, 3.63) is 23.4 Å². The third kappa shape index (κ3) is 2.12. The maximum atomic E-state index is 7.59. The topological polar surface area (TPSA) is 91.5 Å². The fraction of sp³-hybridized carbons (Fsp3) is 0.333. The molecule has 5 nitrogen and oxygen atoms in total. The van der Waals surface area contributed by atoms with Crippen molar-refractivity contribution in [1.29, 1.82) is 5.41 Å². The van der Waals surface area contributed by atoms with Crippen LogP contribution in [0.1, 0.15) is 13.3 Å². The second kappa shape index (κ2) is 3.95. The van der Waals surface area contributed by atoms with Gasteiger partial charge in [-0.2, -0.15) is 4.99 Å². The Balaban J connectivity index is 2.80. The van der Waals surface area contributed by atoms with E-state index in [9.17, 15) is 0 Å². The number of hydrogen-bond donors (Lipinski definition) is 3. The van der Waals surface area contributed by atoms with E-state index in [4.69, 9.17) is 16.9 Å². The van der Waals surface area contributed by atoms with Crippen LogP contribution >= 0.6 is 0 Å². The Kier molecular flexibility index (Phi) is 2.91. The number of guanidine groups is 2. The van der Waals surface area contributed by atoms with Crippen LogP contribution < -0.4 is 11.5 Å². The van der Waals surface area contributed by atoms with Crippen LogP contribution in [-0.2, 0) is 0 Å². The van der Waals surface area contributed by atoms with Crippen LogP contribution in [0.3, 0.4) is 0 Å². The molecule has 5 heteroatoms. The SMILES string of the molecule is CC1=C(N(C)C(=N)N=C(N)N)C=CC1. The Hall–Kier alpha value is -1.78. The number of allylic oxidation sites excluding steroid dienone is 3. The third-order valence-electron chi connectivity index (χ3n) is 2.05. The molecule has 0 unspecified atom stereocenters. The van der Waals surface area contributed by atoms with Crippen molar-refractivity contribution in [2.75, 3.05) is 7.05 Å². The van der Waals surface area contributed by atoms with E-state index in [-0.39, 0.29) is 11.9 Å². The highest BCUT2D eigenvalue weighted by molar-refractivity contribution is 5.92. The summed E-state index contributed by atoms with van der Waals surface area (Å²) < 4.78 is 0. The summed E-state index contributed by atoms with van der Waals surface area (Å²) in [5.41, 5.74) is 12.6. The van der Waals surface area contributed by atoms with Crippen molar-refractivity contribution in [2.24, 2.45) is 16.5 Å². The van der Waals surface area contributed by atoms with Gasteiger partial charge in [-0.05, 0) is 25.0 Å². The zero-order valence-corrected chi connectivity index (χ0v) is 8.41. The standard InChI is InChI=1S/C9H15N5/c1-6-4-3-5-7(6)14(2)9(12)13-8(10)11/h3,5H,4H2,1-2H3,(H5,10,11,12,13). The zero-order chi connectivity index (χ0) is 10.7. The second-order valence-corrected chi connectivity index (χ2v) is 3.19. The highest BCUT2D eigenvalue weighted by atomic mass is 15.3. The molecule has 0 amide bonds. The van der Waals surface area contributed by atoms with Gasteiger partial charge in [0, 0.05) is 12.7 Å². The van der Waals surface area contributed by atoms with Gasteiger partial charge >= 0.3 is 0 Å². The van der Waals surface area contributed by atoms with Crippen LogP contribution in [0.5, 0.6) is 0 Å². The van der Waals surface area contributed by atoms with Crippen molar-refractivity contribution in [2.45, 2.75) is 13.3 Å². The molecular formula is C9H15N5. The molecule has 1 rings (SSSR count). The summed E-state index contributed by atoms with van der Waals surface area (Å²) in [5.74, 6) is -0.0482. The first kappa shape index (κ1) is 10.3. The molecule has 1 aliphatic rings. The zero-order valence-electron chi connectivity index (χ0n) is 8.41. The average molecular weight is 193 g/mol. The molecule has 0 heterocycles. The molecule has 0 radical (unpaired) electrons. The van der Waals surface area contributed by atoms with E-state index in [2.05, 4.69) is 4.99 Å². The summed E-state index contributed by atoms with van der Waals surface area (Å²) in [6.45, 7) is 2.02. The van der Waals surface area contributed by atoms with Gasteiger partial charge in [-0.3, -0.25) is 5.41 Å². The fourth-order valence-corrected chi connectivity index (χ4v) is 1.30. The number of nitrogens with one attached hydrogen (secondary N) is 1. The lowest BCUT2D eigenvalue weighted by atomic mass is 10.2. The molecule has 0 spiro atoms. The van der Waals surface area contributed by atoms with Crippen molar-refractivity contribution in [1.82, 2.24) is 4.90 Å². The summed E-state index contributed by atoms with van der Waals surface area (Å²) in [5, 5.41) is 7.59. The quantitative estimate of drug-likeness (QED) is 0.414. The first-order chi connectivity index (χ1) is 6.52. The van der Waals surface area contributed by atoms with Gasteiger partial charge in [-0.15, -0.1) is 0 Å². The van der Waals surface area contributed by atoms with Crippen LogP contribution in [0.15, 0.2) is 28.4 Å². The van der Waals surface area contributed by atoms with E-state index in [1.807, 2.05) is 19.1 Å². The lowest BCUT2D eigenvalue weighted by Gasteiger charge is -2.18. The van der Waals surface area contributed by atoms with E-state index >= 15 is 0 Å². The molecule has 0 aromatic heterocycles. The van der Waals surface area contributed by atoms with Crippen LogP contribution in [0, 0.1) is 5.41 Å². The molecule has 0 saturated carbocycles. The number of nitrogens with zero attached hydrogens (tertiary/aromatic N) is 2. The largest absolute Gasteiger partial charge is 0.370 e. The maximum Gasteiger partial charge on any atom is 0.225 e. The fourth-order valence-electron chi connectivity index (χ4n) is 1.30. The molecule has 5 N–H and O–H groups in total. The summed E-state index contributed by atoms with van der Waals surface area (Å²) in [4.78, 5) is 5.32. The average Bonchev–Trinajstić information content (AvgIpc) is 2.48. The van der Waals surface area contributed by atoms with E-state index in [0.29, 0.717) is 0 Å². The normalized spacial score (nSPS) is 14.4. The maximum absolute atomic E-state index is 7.59. The summed E-state index contributed by atoms with van der Waals surface area (Å²) in [6.07, 6.45) is 4.94. The Morgan fingerprint density at radius 2 is 2.21 bits per heavy atom. The Bertz CT molecular complexity index is 333. The second-order valence-electron chi connectivity index (χ2n) is 3.19. The van der Waals surface area contributed by atoms with E-state index < -0.39 is 0 Å². The van der Waals surface area contributed by atoms with Gasteiger partial charge in [0.15, 0.2) is 5.96 Å². The van der Waals surface area contributed by atoms with E-state index in [0.717, 1.165) is 12.1 Å². The van der Waals surface area contributed by atoms with E-state index in [1.165, 1.54) is 5.57 Å². The number of rotatable bonds is 1. The smallest absolute Gasteiger partial charge is 0.225 e. The van der Waals surface area contributed by atoms with Crippen LogP contribution in [0.25, 0.3) is 0 Å². The molecule has 1 aliphatic carbocycles. The predicted molar refractivity (Wildman–Crippen MR) is 57.8 cm³/mol. The molecule has 0 atom stereocenters. The molecule has 0 fully saturated rings. The van der Waals surface area contributed by atoms with Gasteiger partial charge in [0.2, 0.25) is 5.96 Å². The lowest BCUT2D eigenvalue weighted by molar-refractivity contribution is 0.628. The Labute approximate surface area is 83.3 Å². The molecule has 76 valence electrons. The van der Waals surface area contributed by atoms with Crippen LogP contribution in [0.2, 0.25) is 0 Å². The molecule has 0 bridgehead atoms. The molecule has 14 heavy (non-hydrogen) atoms. The van der Waals surface area contributed by atoms with Crippen molar-refractivity contribution in [3.63, 3.8) is 0 Å². The first-order valence-electron chi connectivity index (χ1n) is 4.30. The van der Waals surface area contributed by atoms with Crippen LogP contribution in [0.4, 0.5) is 0 Å². The summed E-state index contributed by atoms with van der Waals surface area (Å²) in [7, 11) is 1.77. The minimum absolute atomic E-state index is 0.0471. The number of hydrogen-bond acceptors (Lipinski definition) is 1. The van der Waals surface area contributed by atoms with Gasteiger partial charge in [0.1, 0.15) is 0 Å². The molecule has 0 saturated heterocycles. The molecular weight excluding hydrogens is 178 g/mol. The first-order valence-corrected chi connectivity index (χ1v) is 4.30. The summed E-state index contributed by atoms with van der Waals surface area (Å²) in [6, 6.07) is 0. The van der Waals surface area contributed by atoms with Crippen molar-refractivity contribution >= 4 is 11.9 Å². The van der Waals surface area contributed by atoms with Crippen molar-refractivity contribution in [3.8, 4) is 0 Å². The summed E-state index contributed by atoms with van der Waals surface area (Å²) >= 11 is 0. The van der Waals surface area contributed by atoms with Gasteiger partial charge < -0.3 is 16.4 Å².